The normalized spacial score (nSPS) is 19.4. The van der Waals surface area contributed by atoms with Crippen molar-refractivity contribution in [2.75, 3.05) is 38.2 Å². The van der Waals surface area contributed by atoms with E-state index in [1.807, 2.05) is 24.9 Å². The first-order chi connectivity index (χ1) is 22.1. The van der Waals surface area contributed by atoms with Gasteiger partial charge in [-0.25, -0.2) is 9.37 Å². The molecule has 1 aromatic heterocycles. The van der Waals surface area contributed by atoms with Crippen molar-refractivity contribution in [3.8, 4) is 12.1 Å². The number of ether oxygens (including phenoxy) is 1. The molecule has 1 fully saturated rings. The highest BCUT2D eigenvalue weighted by atomic mass is 19.4. The number of aromatic nitrogens is 1. The average Bonchev–Trinajstić information content (AvgIpc) is 3.05. The van der Waals surface area contributed by atoms with E-state index < -0.39 is 29.8 Å². The summed E-state index contributed by atoms with van der Waals surface area (Å²) in [5, 5.41) is 20.1. The Hall–Kier alpha value is -4.45. The smallest absolute Gasteiger partial charge is 0.366 e. The van der Waals surface area contributed by atoms with Crippen molar-refractivity contribution in [2.24, 2.45) is 0 Å². The van der Waals surface area contributed by atoms with Gasteiger partial charge in [0.25, 0.3) is 0 Å². The van der Waals surface area contributed by atoms with Crippen molar-refractivity contribution in [1.82, 2.24) is 14.8 Å². The molecule has 3 heterocycles. The van der Waals surface area contributed by atoms with Crippen LogP contribution in [-0.2, 0) is 10.9 Å². The molecule has 2 aliphatic rings. The lowest BCUT2D eigenvalue weighted by molar-refractivity contribution is -0.137. The lowest BCUT2D eigenvalue weighted by Gasteiger charge is -2.47. The first-order valence-corrected chi connectivity index (χ1v) is 15.4. The van der Waals surface area contributed by atoms with Crippen LogP contribution in [0.4, 0.5) is 23.2 Å². The number of likely N-dealkylation sites (N-methyl/N-ethyl adjacent to an activating group) is 1. The lowest BCUT2D eigenvalue weighted by Crippen LogP contribution is -2.53. The van der Waals surface area contributed by atoms with Crippen LogP contribution in [0.15, 0.2) is 66.2 Å². The largest absolute Gasteiger partial charge is 0.416 e. The Labute approximate surface area is 266 Å². The summed E-state index contributed by atoms with van der Waals surface area (Å²) in [6.45, 7) is 6.03. The van der Waals surface area contributed by atoms with E-state index in [1.165, 1.54) is 24.3 Å². The molecule has 0 N–H and O–H groups in total. The number of piperazine rings is 1. The molecule has 0 bridgehead atoms. The summed E-state index contributed by atoms with van der Waals surface area (Å²) in [7, 11) is 1.85. The van der Waals surface area contributed by atoms with E-state index in [0.29, 0.717) is 48.8 Å². The third kappa shape index (κ3) is 6.72. The standard InChI is InChI=1S/C35H36F4N6O/c1-4-5-6-19-46-34-29(21-41)33(31-30(43(34)3)16-15-28(20-40)42-31)44-17-18-45(23(2)22-44)32(25-9-13-27(36)14-10-25)24-7-11-26(12-8-24)35(37,38)39/h7-16,23,32,34H,4-6,17-19,22H2,1-3H3/t23-,32?,34?/m1/s1. The highest BCUT2D eigenvalue weighted by Gasteiger charge is 2.39. The quantitative estimate of drug-likeness (QED) is 0.184. The number of nitrogens with zero attached hydrogens (tertiary/aromatic N) is 6. The molecule has 0 aliphatic carbocycles. The monoisotopic (exact) mass is 632 g/mol. The highest BCUT2D eigenvalue weighted by Crippen LogP contribution is 2.41. The molecule has 1 saturated heterocycles. The van der Waals surface area contributed by atoms with Crippen LogP contribution in [0.1, 0.15) is 67.2 Å². The van der Waals surface area contributed by atoms with Gasteiger partial charge in [0.15, 0.2) is 6.23 Å². The molecule has 46 heavy (non-hydrogen) atoms. The Bertz CT molecular complexity index is 1640. The SMILES string of the molecule is CCCCCOC1C(C#N)=C(N2CCN(C(c3ccc(F)cc3)c3ccc(C(F)(F)F)cc3)[C@H](C)C2)c2nc(C#N)ccc2N1C. The molecule has 2 unspecified atom stereocenters. The van der Waals surface area contributed by atoms with E-state index in [2.05, 4.69) is 33.8 Å². The molecule has 0 amide bonds. The number of rotatable bonds is 9. The van der Waals surface area contributed by atoms with Crippen molar-refractivity contribution >= 4 is 11.4 Å². The van der Waals surface area contributed by atoms with Gasteiger partial charge in [-0.1, -0.05) is 44.0 Å². The molecule has 3 aromatic rings. The van der Waals surface area contributed by atoms with Crippen molar-refractivity contribution in [1.29, 1.82) is 10.5 Å². The second kappa shape index (κ2) is 13.9. The third-order valence-electron chi connectivity index (χ3n) is 8.66. The van der Waals surface area contributed by atoms with Crippen LogP contribution in [0.3, 0.4) is 0 Å². The number of alkyl halides is 3. The lowest BCUT2D eigenvalue weighted by atomic mass is 9.93. The van der Waals surface area contributed by atoms with Gasteiger partial charge in [-0.2, -0.15) is 23.7 Å². The number of unbranched alkanes of at least 4 members (excludes halogenated alkanes) is 2. The number of hydrogen-bond acceptors (Lipinski definition) is 7. The number of nitriles is 2. The molecule has 0 radical (unpaired) electrons. The Morgan fingerprint density at radius 2 is 1.63 bits per heavy atom. The van der Waals surface area contributed by atoms with Crippen molar-refractivity contribution in [2.45, 2.75) is 57.6 Å². The predicted molar refractivity (Wildman–Crippen MR) is 167 cm³/mol. The summed E-state index contributed by atoms with van der Waals surface area (Å²) < 4.78 is 60.3. The van der Waals surface area contributed by atoms with Gasteiger partial charge in [0, 0.05) is 39.3 Å². The molecule has 240 valence electrons. The maximum Gasteiger partial charge on any atom is 0.416 e. The van der Waals surface area contributed by atoms with E-state index in [9.17, 15) is 28.1 Å². The summed E-state index contributed by atoms with van der Waals surface area (Å²) in [5.41, 5.74) is 3.21. The van der Waals surface area contributed by atoms with Crippen LogP contribution < -0.4 is 4.90 Å². The average molecular weight is 633 g/mol. The fraction of sp³-hybridized carbons (Fsp3) is 0.400. The van der Waals surface area contributed by atoms with E-state index in [1.54, 1.807) is 18.2 Å². The molecular formula is C35H36F4N6O. The Balaban J connectivity index is 1.51. The second-order valence-electron chi connectivity index (χ2n) is 11.7. The maximum atomic E-state index is 13.9. The zero-order valence-corrected chi connectivity index (χ0v) is 26.1. The molecule has 3 atom stereocenters. The fourth-order valence-corrected chi connectivity index (χ4v) is 6.34. The van der Waals surface area contributed by atoms with Crippen LogP contribution in [-0.4, -0.2) is 60.3 Å². The molecule has 5 rings (SSSR count). The van der Waals surface area contributed by atoms with Crippen LogP contribution in [0.25, 0.3) is 5.70 Å². The highest BCUT2D eigenvalue weighted by molar-refractivity contribution is 5.82. The van der Waals surface area contributed by atoms with Gasteiger partial charge >= 0.3 is 6.18 Å². The van der Waals surface area contributed by atoms with Crippen molar-refractivity contribution in [3.05, 3.63) is 100 Å². The molecule has 11 heteroatoms. The Morgan fingerprint density at radius 3 is 2.22 bits per heavy atom. The van der Waals surface area contributed by atoms with Gasteiger partial charge < -0.3 is 14.5 Å². The number of anilines is 1. The zero-order chi connectivity index (χ0) is 33.0. The van der Waals surface area contributed by atoms with E-state index in [4.69, 9.17) is 4.74 Å². The summed E-state index contributed by atoms with van der Waals surface area (Å²) in [4.78, 5) is 10.8. The third-order valence-corrected chi connectivity index (χ3v) is 8.66. The Morgan fingerprint density at radius 1 is 0.957 bits per heavy atom. The van der Waals surface area contributed by atoms with Crippen molar-refractivity contribution < 1.29 is 22.3 Å². The van der Waals surface area contributed by atoms with E-state index >= 15 is 0 Å². The first kappa shape index (κ1) is 32.9. The first-order valence-electron chi connectivity index (χ1n) is 15.4. The molecular weight excluding hydrogens is 596 g/mol. The van der Waals surface area contributed by atoms with Crippen molar-refractivity contribution in [3.63, 3.8) is 0 Å². The van der Waals surface area contributed by atoms with Gasteiger partial charge in [-0.3, -0.25) is 4.90 Å². The minimum absolute atomic E-state index is 0.148. The van der Waals surface area contributed by atoms with Crippen LogP contribution in [0.5, 0.6) is 0 Å². The topological polar surface area (TPSA) is 79.4 Å². The second-order valence-corrected chi connectivity index (χ2v) is 11.7. The van der Waals surface area contributed by atoms with E-state index in [-0.39, 0.29) is 11.7 Å². The number of pyridine rings is 1. The summed E-state index contributed by atoms with van der Waals surface area (Å²) >= 11 is 0. The maximum absolute atomic E-state index is 13.9. The molecule has 0 spiro atoms. The van der Waals surface area contributed by atoms with Gasteiger partial charge in [0.2, 0.25) is 0 Å². The molecule has 2 aliphatic heterocycles. The number of halogens is 4. The minimum atomic E-state index is -4.46. The van der Waals surface area contributed by atoms with Gasteiger partial charge in [0.05, 0.1) is 23.0 Å². The zero-order valence-electron chi connectivity index (χ0n) is 26.1. The fourth-order valence-electron chi connectivity index (χ4n) is 6.34. The molecule has 0 saturated carbocycles. The Kier molecular flexibility index (Phi) is 9.95. The van der Waals surface area contributed by atoms with Gasteiger partial charge in [-0.05, 0) is 60.9 Å². The van der Waals surface area contributed by atoms with Gasteiger partial charge in [-0.15, -0.1) is 0 Å². The number of hydrogen-bond donors (Lipinski definition) is 0. The van der Waals surface area contributed by atoms with Gasteiger partial charge in [0.1, 0.15) is 34.9 Å². The van der Waals surface area contributed by atoms with Crippen LogP contribution >= 0.6 is 0 Å². The number of fused-ring (bicyclic) bond motifs is 1. The predicted octanol–water partition coefficient (Wildman–Crippen LogP) is 7.12. The van der Waals surface area contributed by atoms with Crippen LogP contribution in [0, 0.1) is 28.5 Å². The minimum Gasteiger partial charge on any atom is -0.366 e. The molecule has 7 nitrogen and oxygen atoms in total. The van der Waals surface area contributed by atoms with Crippen LogP contribution in [0.2, 0.25) is 0 Å². The van der Waals surface area contributed by atoms with E-state index in [0.717, 1.165) is 42.6 Å². The summed E-state index contributed by atoms with van der Waals surface area (Å²) in [6, 6.07) is 18.5. The summed E-state index contributed by atoms with van der Waals surface area (Å²) in [6.07, 6.45) is -2.19. The summed E-state index contributed by atoms with van der Waals surface area (Å²) in [5.74, 6) is -0.402. The molecule has 2 aromatic carbocycles. The number of benzene rings is 2.